The molecule has 0 aromatic heterocycles. The van der Waals surface area contributed by atoms with Crippen LogP contribution in [0.5, 0.6) is 0 Å². The highest BCUT2D eigenvalue weighted by molar-refractivity contribution is 7.90. The SMILES string of the molecule is CC(C)S(=O)(=O)NC1CCCCC1Cl. The maximum atomic E-state index is 11.6. The summed E-state index contributed by atoms with van der Waals surface area (Å²) in [5, 5.41) is -0.425. The summed E-state index contributed by atoms with van der Waals surface area (Å²) in [7, 11) is -3.17. The van der Waals surface area contributed by atoms with Crippen molar-refractivity contribution in [1.29, 1.82) is 0 Å². The number of nitrogens with one attached hydrogen (secondary N) is 1. The van der Waals surface area contributed by atoms with Gasteiger partial charge in [0.25, 0.3) is 0 Å². The summed E-state index contributed by atoms with van der Waals surface area (Å²) in [6.07, 6.45) is 3.94. The van der Waals surface area contributed by atoms with Crippen molar-refractivity contribution < 1.29 is 8.42 Å². The zero-order valence-corrected chi connectivity index (χ0v) is 10.2. The van der Waals surface area contributed by atoms with E-state index in [2.05, 4.69) is 4.72 Å². The third kappa shape index (κ3) is 3.11. The molecule has 3 nitrogen and oxygen atoms in total. The molecule has 0 aliphatic heterocycles. The molecule has 0 spiro atoms. The van der Waals surface area contributed by atoms with Crippen LogP contribution in [0.3, 0.4) is 0 Å². The molecule has 0 heterocycles. The van der Waals surface area contributed by atoms with E-state index in [0.717, 1.165) is 25.7 Å². The fourth-order valence-electron chi connectivity index (χ4n) is 1.57. The van der Waals surface area contributed by atoms with Gasteiger partial charge >= 0.3 is 0 Å². The van der Waals surface area contributed by atoms with Crippen LogP contribution < -0.4 is 4.72 Å². The molecule has 2 atom stereocenters. The Morgan fingerprint density at radius 3 is 2.36 bits per heavy atom. The van der Waals surface area contributed by atoms with Crippen molar-refractivity contribution in [2.75, 3.05) is 0 Å². The van der Waals surface area contributed by atoms with Crippen molar-refractivity contribution in [3.63, 3.8) is 0 Å². The number of alkyl halides is 1. The summed E-state index contributed by atoms with van der Waals surface area (Å²) in [4.78, 5) is 0. The van der Waals surface area contributed by atoms with Crippen LogP contribution in [-0.2, 0) is 10.0 Å². The highest BCUT2D eigenvalue weighted by Gasteiger charge is 2.28. The molecule has 0 saturated heterocycles. The van der Waals surface area contributed by atoms with Crippen molar-refractivity contribution in [2.24, 2.45) is 0 Å². The first-order valence-corrected chi connectivity index (χ1v) is 7.07. The maximum Gasteiger partial charge on any atom is 0.214 e. The third-order valence-corrected chi connectivity index (χ3v) is 5.01. The minimum absolute atomic E-state index is 0.0442. The monoisotopic (exact) mass is 239 g/mol. The molecular formula is C9H18ClNO2S. The number of sulfonamides is 1. The summed E-state index contributed by atoms with van der Waals surface area (Å²) in [5.41, 5.74) is 0. The largest absolute Gasteiger partial charge is 0.214 e. The lowest BCUT2D eigenvalue weighted by atomic mass is 9.96. The van der Waals surface area contributed by atoms with Gasteiger partial charge in [-0.1, -0.05) is 12.8 Å². The van der Waals surface area contributed by atoms with Gasteiger partial charge < -0.3 is 0 Å². The van der Waals surface area contributed by atoms with E-state index >= 15 is 0 Å². The van der Waals surface area contributed by atoms with E-state index in [-0.39, 0.29) is 16.7 Å². The highest BCUT2D eigenvalue weighted by atomic mass is 35.5. The van der Waals surface area contributed by atoms with Crippen LogP contribution in [-0.4, -0.2) is 25.1 Å². The average Bonchev–Trinajstić information content (AvgIpc) is 2.08. The Kier molecular flexibility index (Phi) is 4.22. The van der Waals surface area contributed by atoms with E-state index in [1.165, 1.54) is 0 Å². The van der Waals surface area contributed by atoms with Gasteiger partial charge in [0.2, 0.25) is 10.0 Å². The Hall–Kier alpha value is 0.200. The van der Waals surface area contributed by atoms with Crippen LogP contribution in [0.1, 0.15) is 39.5 Å². The number of halogens is 1. The van der Waals surface area contributed by atoms with Crippen molar-refractivity contribution in [2.45, 2.75) is 56.2 Å². The van der Waals surface area contributed by atoms with Gasteiger partial charge in [0.1, 0.15) is 0 Å². The van der Waals surface area contributed by atoms with Gasteiger partial charge in [-0.2, -0.15) is 0 Å². The van der Waals surface area contributed by atoms with Gasteiger partial charge in [-0.05, 0) is 26.7 Å². The smallest absolute Gasteiger partial charge is 0.212 e. The number of hydrogen-bond donors (Lipinski definition) is 1. The zero-order chi connectivity index (χ0) is 10.8. The Bertz CT molecular complexity index is 277. The molecule has 1 fully saturated rings. The normalized spacial score (nSPS) is 29.4. The van der Waals surface area contributed by atoms with E-state index < -0.39 is 10.0 Å². The molecule has 0 radical (unpaired) electrons. The quantitative estimate of drug-likeness (QED) is 0.765. The first kappa shape index (κ1) is 12.3. The highest BCUT2D eigenvalue weighted by Crippen LogP contribution is 2.23. The van der Waals surface area contributed by atoms with Crippen LogP contribution in [0.2, 0.25) is 0 Å². The first-order valence-electron chi connectivity index (χ1n) is 5.08. The molecule has 5 heteroatoms. The van der Waals surface area contributed by atoms with E-state index in [9.17, 15) is 8.42 Å². The Labute approximate surface area is 91.3 Å². The second kappa shape index (κ2) is 4.81. The summed E-state index contributed by atoms with van der Waals surface area (Å²) < 4.78 is 25.8. The minimum Gasteiger partial charge on any atom is -0.212 e. The van der Waals surface area contributed by atoms with E-state index in [0.29, 0.717) is 0 Å². The van der Waals surface area contributed by atoms with Crippen LogP contribution in [0.15, 0.2) is 0 Å². The number of rotatable bonds is 3. The van der Waals surface area contributed by atoms with Crippen LogP contribution >= 0.6 is 11.6 Å². The molecule has 14 heavy (non-hydrogen) atoms. The fraction of sp³-hybridized carbons (Fsp3) is 1.00. The maximum absolute atomic E-state index is 11.6. The average molecular weight is 240 g/mol. The van der Waals surface area contributed by atoms with Crippen molar-refractivity contribution in [3.05, 3.63) is 0 Å². The van der Waals surface area contributed by atoms with E-state index in [1.807, 2.05) is 0 Å². The Morgan fingerprint density at radius 2 is 1.86 bits per heavy atom. The molecule has 84 valence electrons. The van der Waals surface area contributed by atoms with Gasteiger partial charge in [-0.15, -0.1) is 11.6 Å². The topological polar surface area (TPSA) is 46.2 Å². The molecule has 1 N–H and O–H groups in total. The standard InChI is InChI=1S/C9H18ClNO2S/c1-7(2)14(12,13)11-9-6-4-3-5-8(9)10/h7-9,11H,3-6H2,1-2H3. The van der Waals surface area contributed by atoms with Gasteiger partial charge in [0.15, 0.2) is 0 Å². The van der Waals surface area contributed by atoms with Crippen molar-refractivity contribution in [1.82, 2.24) is 4.72 Å². The fourth-order valence-corrected chi connectivity index (χ4v) is 2.96. The summed E-state index contributed by atoms with van der Waals surface area (Å²) in [6.45, 7) is 3.35. The second-order valence-electron chi connectivity index (χ2n) is 4.12. The molecule has 1 aliphatic carbocycles. The Balaban J connectivity index is 2.58. The van der Waals surface area contributed by atoms with E-state index in [4.69, 9.17) is 11.6 Å². The lowest BCUT2D eigenvalue weighted by Crippen LogP contribution is -2.45. The van der Waals surface area contributed by atoms with E-state index in [1.54, 1.807) is 13.8 Å². The molecule has 1 rings (SSSR count). The van der Waals surface area contributed by atoms with Crippen LogP contribution in [0, 0.1) is 0 Å². The summed E-state index contributed by atoms with van der Waals surface area (Å²) in [6, 6.07) is -0.0715. The number of hydrogen-bond acceptors (Lipinski definition) is 2. The molecule has 0 aromatic carbocycles. The first-order chi connectivity index (χ1) is 6.43. The Morgan fingerprint density at radius 1 is 1.29 bits per heavy atom. The van der Waals surface area contributed by atoms with Crippen molar-refractivity contribution >= 4 is 21.6 Å². The third-order valence-electron chi connectivity index (χ3n) is 2.62. The predicted molar refractivity (Wildman–Crippen MR) is 59.1 cm³/mol. The predicted octanol–water partition coefficient (Wildman–Crippen LogP) is 1.86. The van der Waals surface area contributed by atoms with Gasteiger partial charge in [0.05, 0.1) is 5.25 Å². The lowest BCUT2D eigenvalue weighted by molar-refractivity contribution is 0.417. The van der Waals surface area contributed by atoms with Crippen LogP contribution in [0.25, 0.3) is 0 Å². The molecule has 1 saturated carbocycles. The van der Waals surface area contributed by atoms with Gasteiger partial charge in [0, 0.05) is 11.4 Å². The molecule has 0 amide bonds. The van der Waals surface area contributed by atoms with Crippen molar-refractivity contribution in [3.8, 4) is 0 Å². The second-order valence-corrected chi connectivity index (χ2v) is 6.95. The summed E-state index contributed by atoms with van der Waals surface area (Å²) >= 11 is 6.07. The minimum atomic E-state index is -3.17. The molecule has 1 aliphatic rings. The molecule has 0 aromatic rings. The molecular weight excluding hydrogens is 222 g/mol. The van der Waals surface area contributed by atoms with Gasteiger partial charge in [-0.3, -0.25) is 0 Å². The molecule has 0 bridgehead atoms. The molecule has 2 unspecified atom stereocenters. The van der Waals surface area contributed by atoms with Crippen LogP contribution in [0.4, 0.5) is 0 Å². The zero-order valence-electron chi connectivity index (χ0n) is 8.66. The lowest BCUT2D eigenvalue weighted by Gasteiger charge is -2.28. The summed E-state index contributed by atoms with van der Waals surface area (Å²) in [5.74, 6) is 0. The van der Waals surface area contributed by atoms with Gasteiger partial charge in [-0.25, -0.2) is 13.1 Å².